The Labute approximate surface area is 123 Å². The van der Waals surface area contributed by atoms with Gasteiger partial charge in [0.2, 0.25) is 0 Å². The maximum Gasteiger partial charge on any atom is 0.0998 e. The van der Waals surface area contributed by atoms with Crippen LogP contribution >= 0.6 is 0 Å². The summed E-state index contributed by atoms with van der Waals surface area (Å²) in [6.07, 6.45) is 9.05. The van der Waals surface area contributed by atoms with Gasteiger partial charge in [-0.15, -0.1) is 0 Å². The molecule has 0 saturated heterocycles. The van der Waals surface area contributed by atoms with Gasteiger partial charge >= 0.3 is 0 Å². The van der Waals surface area contributed by atoms with Gasteiger partial charge in [-0.2, -0.15) is 0 Å². The number of rotatable bonds is 4. The third kappa shape index (κ3) is 3.08. The van der Waals surface area contributed by atoms with Gasteiger partial charge in [-0.05, 0) is 37.7 Å². The molecule has 104 valence electrons. The zero-order chi connectivity index (χ0) is 12.5. The lowest BCUT2D eigenvalue weighted by Gasteiger charge is -2.32. The molecule has 0 N–H and O–H groups in total. The van der Waals surface area contributed by atoms with E-state index in [0.717, 1.165) is 11.8 Å². The number of quaternary nitrogens is 1. The van der Waals surface area contributed by atoms with Crippen molar-refractivity contribution >= 4 is 0 Å². The van der Waals surface area contributed by atoms with Gasteiger partial charge in [-0.3, -0.25) is 4.48 Å². The fourth-order valence-electron chi connectivity index (χ4n) is 3.97. The second-order valence-electron chi connectivity index (χ2n) is 6.19. The number of nitrogens with zero attached hydrogens (tertiary/aromatic N) is 1. The van der Waals surface area contributed by atoms with Gasteiger partial charge in [0.25, 0.3) is 0 Å². The largest absolute Gasteiger partial charge is 1.00 e. The predicted molar refractivity (Wildman–Crippen MR) is 74.6 cm³/mol. The smallest absolute Gasteiger partial charge is 0.0998 e. The maximum atomic E-state index is 2.61. The zero-order valence-electron chi connectivity index (χ0n) is 12.4. The van der Waals surface area contributed by atoms with Gasteiger partial charge in [0.1, 0.15) is 0 Å². The van der Waals surface area contributed by atoms with E-state index >= 15 is 0 Å². The first-order valence-electron chi connectivity index (χ1n) is 7.37. The number of allylic oxidation sites excluding steroid dienone is 2. The highest BCUT2D eigenvalue weighted by Crippen LogP contribution is 2.40. The Morgan fingerprint density at radius 1 is 1.22 bits per heavy atom. The van der Waals surface area contributed by atoms with Gasteiger partial charge in [0, 0.05) is 11.5 Å². The lowest BCUT2D eigenvalue weighted by atomic mass is 9.81. The average Bonchev–Trinajstić information content (AvgIpc) is 2.57. The molecule has 1 nitrogen and oxygen atoms in total. The lowest BCUT2D eigenvalue weighted by Crippen LogP contribution is -3.00. The minimum Gasteiger partial charge on any atom is -1.00 e. The van der Waals surface area contributed by atoms with Crippen LogP contribution in [0.25, 0.3) is 0 Å². The molecule has 1 aliphatic carbocycles. The molecule has 18 heavy (non-hydrogen) atoms. The molecule has 0 saturated carbocycles. The monoisotopic (exact) mass is 313 g/mol. The van der Waals surface area contributed by atoms with Crippen LogP contribution in [-0.4, -0.2) is 24.1 Å². The van der Waals surface area contributed by atoms with Gasteiger partial charge in [-0.25, -0.2) is 0 Å². The lowest BCUT2D eigenvalue weighted by molar-refractivity contribution is -0.876. The SMILES string of the molecule is CCC[N+]1(CCC)C=C2C(C)=CC(C)CC2C1.[Br-]. The molecule has 0 radical (unpaired) electrons. The summed E-state index contributed by atoms with van der Waals surface area (Å²) in [4.78, 5) is 0. The number of halogens is 1. The van der Waals surface area contributed by atoms with Crippen LogP contribution in [0.4, 0.5) is 0 Å². The van der Waals surface area contributed by atoms with Crippen molar-refractivity contribution < 1.29 is 21.5 Å². The summed E-state index contributed by atoms with van der Waals surface area (Å²) in [6, 6.07) is 0. The Bertz CT molecular complexity index is 337. The average molecular weight is 314 g/mol. The van der Waals surface area contributed by atoms with E-state index in [4.69, 9.17) is 0 Å². The molecular weight excluding hydrogens is 286 g/mol. The van der Waals surface area contributed by atoms with Crippen molar-refractivity contribution in [1.82, 2.24) is 0 Å². The molecule has 0 spiro atoms. The fourth-order valence-corrected chi connectivity index (χ4v) is 3.97. The van der Waals surface area contributed by atoms with Crippen molar-refractivity contribution in [2.45, 2.75) is 47.0 Å². The number of hydrogen-bond acceptors (Lipinski definition) is 0. The van der Waals surface area contributed by atoms with Crippen molar-refractivity contribution in [3.8, 4) is 0 Å². The second kappa shape index (κ2) is 6.38. The molecule has 0 aromatic heterocycles. The summed E-state index contributed by atoms with van der Waals surface area (Å²) in [5.74, 6) is 1.62. The van der Waals surface area contributed by atoms with Gasteiger partial charge in [0.15, 0.2) is 0 Å². The summed E-state index contributed by atoms with van der Waals surface area (Å²) in [7, 11) is 0. The van der Waals surface area contributed by atoms with Crippen molar-refractivity contribution in [1.29, 1.82) is 0 Å². The van der Waals surface area contributed by atoms with Gasteiger partial charge < -0.3 is 17.0 Å². The van der Waals surface area contributed by atoms with E-state index in [2.05, 4.69) is 40.0 Å². The summed E-state index contributed by atoms with van der Waals surface area (Å²) in [5, 5.41) is 0. The van der Waals surface area contributed by atoms with Crippen molar-refractivity contribution in [3.63, 3.8) is 0 Å². The van der Waals surface area contributed by atoms with Crippen LogP contribution in [-0.2, 0) is 0 Å². The van der Waals surface area contributed by atoms with Crippen molar-refractivity contribution in [3.05, 3.63) is 23.4 Å². The summed E-state index contributed by atoms with van der Waals surface area (Å²) in [5.41, 5.74) is 3.23. The quantitative estimate of drug-likeness (QED) is 0.683. The van der Waals surface area contributed by atoms with E-state index in [0.29, 0.717) is 0 Å². The molecule has 0 bridgehead atoms. The Kier molecular flexibility index (Phi) is 5.67. The van der Waals surface area contributed by atoms with Crippen molar-refractivity contribution in [2.24, 2.45) is 11.8 Å². The standard InChI is InChI=1S/C16H28N.BrH/c1-5-7-17(8-6-2)11-15-10-13(3)9-14(4)16(15)12-17;/h9,12-13,15H,5-8,10-11H2,1-4H3;1H/q+1;/p-1. The normalized spacial score (nSPS) is 29.1. The zero-order valence-corrected chi connectivity index (χ0v) is 14.0. The molecule has 0 fully saturated rings. The van der Waals surface area contributed by atoms with Gasteiger partial charge in [-0.1, -0.05) is 26.8 Å². The van der Waals surface area contributed by atoms with Crippen LogP contribution < -0.4 is 17.0 Å². The van der Waals surface area contributed by atoms with Gasteiger partial charge in [0.05, 0.1) is 25.8 Å². The summed E-state index contributed by atoms with van der Waals surface area (Å²) in [6.45, 7) is 13.3. The molecule has 0 aromatic carbocycles. The van der Waals surface area contributed by atoms with E-state index in [1.807, 2.05) is 0 Å². The van der Waals surface area contributed by atoms with E-state index in [9.17, 15) is 0 Å². The molecule has 2 heteroatoms. The minimum atomic E-state index is 0. The Morgan fingerprint density at radius 2 is 1.83 bits per heavy atom. The highest BCUT2D eigenvalue weighted by atomic mass is 79.9. The predicted octanol–water partition coefficient (Wildman–Crippen LogP) is 1.13. The number of fused-ring (bicyclic) bond motifs is 1. The maximum absolute atomic E-state index is 2.61. The first-order chi connectivity index (χ1) is 8.10. The van der Waals surface area contributed by atoms with Crippen LogP contribution in [0.2, 0.25) is 0 Å². The Hall–Kier alpha value is -0.0800. The highest BCUT2D eigenvalue weighted by Gasteiger charge is 2.40. The highest BCUT2D eigenvalue weighted by molar-refractivity contribution is 5.35. The second-order valence-corrected chi connectivity index (χ2v) is 6.19. The molecule has 2 aliphatic rings. The van der Waals surface area contributed by atoms with E-state index in [1.54, 1.807) is 11.1 Å². The molecular formula is C16H28BrN. The molecule has 1 heterocycles. The first kappa shape index (κ1) is 16.0. The summed E-state index contributed by atoms with van der Waals surface area (Å²) < 4.78 is 1.25. The molecule has 2 rings (SSSR count). The Balaban J connectivity index is 0.00000162. The fraction of sp³-hybridized carbons (Fsp3) is 0.750. The van der Waals surface area contributed by atoms with Crippen LogP contribution in [0, 0.1) is 11.8 Å². The first-order valence-corrected chi connectivity index (χ1v) is 7.37. The molecule has 1 aliphatic heterocycles. The van der Waals surface area contributed by atoms with E-state index in [-0.39, 0.29) is 17.0 Å². The van der Waals surface area contributed by atoms with Crippen molar-refractivity contribution in [2.75, 3.05) is 19.6 Å². The Morgan fingerprint density at radius 3 is 2.39 bits per heavy atom. The van der Waals surface area contributed by atoms with E-state index in [1.165, 1.54) is 43.4 Å². The summed E-state index contributed by atoms with van der Waals surface area (Å²) >= 11 is 0. The van der Waals surface area contributed by atoms with E-state index < -0.39 is 0 Å². The van der Waals surface area contributed by atoms with Crippen LogP contribution in [0.1, 0.15) is 47.0 Å². The molecule has 2 unspecified atom stereocenters. The third-order valence-electron chi connectivity index (χ3n) is 4.42. The third-order valence-corrected chi connectivity index (χ3v) is 4.42. The molecule has 0 aromatic rings. The molecule has 2 atom stereocenters. The van der Waals surface area contributed by atoms with Crippen LogP contribution in [0.3, 0.4) is 0 Å². The minimum absolute atomic E-state index is 0. The number of hydrogen-bond donors (Lipinski definition) is 0. The topological polar surface area (TPSA) is 0 Å². The molecule has 0 amide bonds. The van der Waals surface area contributed by atoms with Crippen LogP contribution in [0.5, 0.6) is 0 Å². The van der Waals surface area contributed by atoms with Crippen LogP contribution in [0.15, 0.2) is 23.4 Å².